The van der Waals surface area contributed by atoms with Crippen LogP contribution in [0.1, 0.15) is 48.9 Å². The van der Waals surface area contributed by atoms with Crippen LogP contribution >= 0.6 is 0 Å². The van der Waals surface area contributed by atoms with Crippen molar-refractivity contribution in [3.05, 3.63) is 23.5 Å². The number of benzene rings is 1. The minimum absolute atomic E-state index is 0.0692. The Balaban J connectivity index is 1.95. The van der Waals surface area contributed by atoms with Gasteiger partial charge in [0, 0.05) is 12.1 Å². The van der Waals surface area contributed by atoms with Gasteiger partial charge in [0.25, 0.3) is 5.91 Å². The van der Waals surface area contributed by atoms with Crippen molar-refractivity contribution in [2.45, 2.75) is 38.5 Å². The second-order valence-corrected chi connectivity index (χ2v) is 6.03. The van der Waals surface area contributed by atoms with Crippen molar-refractivity contribution in [1.82, 2.24) is 5.32 Å². The first-order valence-electron chi connectivity index (χ1n) is 8.37. The molecule has 1 aromatic rings. The van der Waals surface area contributed by atoms with Gasteiger partial charge >= 0.3 is 0 Å². The molecule has 1 aromatic carbocycles. The molecule has 1 aliphatic carbocycles. The van der Waals surface area contributed by atoms with Gasteiger partial charge < -0.3 is 14.8 Å². The maximum atomic E-state index is 14.1. The number of carbonyl (C=O) groups is 1. The van der Waals surface area contributed by atoms with Crippen molar-refractivity contribution in [2.75, 3.05) is 20.3 Å². The molecule has 0 spiro atoms. The van der Waals surface area contributed by atoms with Crippen LogP contribution in [0.3, 0.4) is 0 Å². The Morgan fingerprint density at radius 1 is 1.38 bits per heavy atom. The number of nitrogens with one attached hydrogen (secondary N) is 1. The van der Waals surface area contributed by atoms with E-state index < -0.39 is 5.82 Å². The van der Waals surface area contributed by atoms with Crippen LogP contribution in [0.2, 0.25) is 0 Å². The maximum Gasteiger partial charge on any atom is 0.251 e. The highest BCUT2D eigenvalue weighted by atomic mass is 19.1. The molecule has 1 N–H and O–H groups in total. The predicted octanol–water partition coefficient (Wildman–Crippen LogP) is 3.55. The van der Waals surface area contributed by atoms with E-state index in [-0.39, 0.29) is 29.6 Å². The fourth-order valence-corrected chi connectivity index (χ4v) is 3.07. The molecule has 0 radical (unpaired) electrons. The number of terminal acetylenes is 1. The monoisotopic (exact) mass is 333 g/mol. The molecule has 2 rings (SSSR count). The first-order valence-corrected chi connectivity index (χ1v) is 8.37. The minimum atomic E-state index is -0.665. The Kier molecular flexibility index (Phi) is 6.92. The van der Waals surface area contributed by atoms with E-state index in [1.165, 1.54) is 45.3 Å². The van der Waals surface area contributed by atoms with Crippen molar-refractivity contribution < 1.29 is 18.7 Å². The second-order valence-electron chi connectivity index (χ2n) is 6.03. The second kappa shape index (κ2) is 9.17. The molecular formula is C19H24FNO3. The van der Waals surface area contributed by atoms with E-state index in [4.69, 9.17) is 15.9 Å². The quantitative estimate of drug-likeness (QED) is 0.776. The number of hydrogen-bond acceptors (Lipinski definition) is 3. The van der Waals surface area contributed by atoms with E-state index in [0.29, 0.717) is 12.5 Å². The van der Waals surface area contributed by atoms with E-state index in [2.05, 4.69) is 11.2 Å². The first-order chi connectivity index (χ1) is 11.7. The van der Waals surface area contributed by atoms with Gasteiger partial charge in [0.2, 0.25) is 0 Å². The summed E-state index contributed by atoms with van der Waals surface area (Å²) < 4.78 is 24.4. The number of carbonyl (C=O) groups excluding carboxylic acids is 1. The molecule has 130 valence electrons. The minimum Gasteiger partial charge on any atom is -0.493 e. The lowest BCUT2D eigenvalue weighted by atomic mass is 9.87. The lowest BCUT2D eigenvalue weighted by Crippen LogP contribution is -2.26. The molecule has 24 heavy (non-hydrogen) atoms. The van der Waals surface area contributed by atoms with Crippen LogP contribution in [0, 0.1) is 24.1 Å². The number of rotatable bonds is 7. The van der Waals surface area contributed by atoms with E-state index in [0.717, 1.165) is 12.5 Å². The van der Waals surface area contributed by atoms with E-state index in [1.54, 1.807) is 0 Å². The molecule has 0 aliphatic heterocycles. The Bertz CT molecular complexity index is 603. The van der Waals surface area contributed by atoms with Crippen molar-refractivity contribution in [3.63, 3.8) is 0 Å². The number of methoxy groups -OCH3 is 1. The van der Waals surface area contributed by atoms with Gasteiger partial charge in [-0.15, -0.1) is 6.42 Å². The van der Waals surface area contributed by atoms with E-state index >= 15 is 0 Å². The van der Waals surface area contributed by atoms with E-state index in [9.17, 15) is 9.18 Å². The molecule has 1 amide bonds. The predicted molar refractivity (Wildman–Crippen MR) is 90.8 cm³/mol. The molecule has 1 aliphatic rings. The van der Waals surface area contributed by atoms with Crippen LogP contribution in [0.5, 0.6) is 11.5 Å². The Hall–Kier alpha value is -2.22. The Morgan fingerprint density at radius 3 is 2.79 bits per heavy atom. The summed E-state index contributed by atoms with van der Waals surface area (Å²) in [4.78, 5) is 12.2. The van der Waals surface area contributed by atoms with Gasteiger partial charge in [0.1, 0.15) is 6.61 Å². The highest BCUT2D eigenvalue weighted by Gasteiger charge is 2.18. The summed E-state index contributed by atoms with van der Waals surface area (Å²) in [5.74, 6) is 2.05. The molecular weight excluding hydrogens is 309 g/mol. The van der Waals surface area contributed by atoms with Gasteiger partial charge in [0.05, 0.1) is 7.11 Å². The van der Waals surface area contributed by atoms with Crippen molar-refractivity contribution >= 4 is 5.91 Å². The summed E-state index contributed by atoms with van der Waals surface area (Å²) in [5.41, 5.74) is 0.209. The largest absolute Gasteiger partial charge is 0.493 e. The Morgan fingerprint density at radius 2 is 2.12 bits per heavy atom. The number of ether oxygens (including phenoxy) is 2. The molecule has 0 bridgehead atoms. The van der Waals surface area contributed by atoms with Crippen molar-refractivity contribution in [3.8, 4) is 23.8 Å². The van der Waals surface area contributed by atoms with Gasteiger partial charge in [-0.2, -0.15) is 0 Å². The number of halogens is 1. The van der Waals surface area contributed by atoms with Crippen LogP contribution in [-0.4, -0.2) is 26.2 Å². The lowest BCUT2D eigenvalue weighted by Gasteiger charge is -2.21. The van der Waals surface area contributed by atoms with Crippen LogP contribution in [0.4, 0.5) is 4.39 Å². The zero-order valence-corrected chi connectivity index (χ0v) is 14.1. The molecule has 0 atom stereocenters. The molecule has 0 heterocycles. The average Bonchev–Trinajstić information content (AvgIpc) is 2.60. The smallest absolute Gasteiger partial charge is 0.251 e. The molecule has 0 unspecified atom stereocenters. The van der Waals surface area contributed by atoms with Gasteiger partial charge in [-0.1, -0.05) is 38.0 Å². The standard InChI is InChI=1S/C19H24FNO3/c1-3-11-24-18-16(20)12-15(13-17(18)23-2)19(22)21-10-9-14-7-5-4-6-8-14/h1,12-14H,4-11H2,2H3,(H,21,22). The van der Waals surface area contributed by atoms with Gasteiger partial charge in [-0.3, -0.25) is 4.79 Å². The molecule has 4 nitrogen and oxygen atoms in total. The maximum absolute atomic E-state index is 14.1. The summed E-state index contributed by atoms with van der Waals surface area (Å²) in [5, 5.41) is 2.85. The SMILES string of the molecule is C#CCOc1c(F)cc(C(=O)NCCC2CCCCC2)cc1OC. The van der Waals surface area contributed by atoms with Crippen LogP contribution in [0.25, 0.3) is 0 Å². The fraction of sp³-hybridized carbons (Fsp3) is 0.526. The zero-order chi connectivity index (χ0) is 17.4. The molecule has 1 fully saturated rings. The first kappa shape index (κ1) is 18.1. The van der Waals surface area contributed by atoms with Crippen molar-refractivity contribution in [1.29, 1.82) is 0 Å². The van der Waals surface area contributed by atoms with Crippen LogP contribution in [-0.2, 0) is 0 Å². The molecule has 5 heteroatoms. The summed E-state index contributed by atoms with van der Waals surface area (Å²) in [6, 6.07) is 2.61. The topological polar surface area (TPSA) is 47.6 Å². The summed E-state index contributed by atoms with van der Waals surface area (Å²) in [6.45, 7) is 0.531. The zero-order valence-electron chi connectivity index (χ0n) is 14.1. The van der Waals surface area contributed by atoms with Crippen molar-refractivity contribution in [2.24, 2.45) is 5.92 Å². The van der Waals surface area contributed by atoms with Crippen LogP contribution < -0.4 is 14.8 Å². The fourth-order valence-electron chi connectivity index (χ4n) is 3.07. The summed E-state index contributed by atoms with van der Waals surface area (Å²) in [7, 11) is 1.39. The summed E-state index contributed by atoms with van der Waals surface area (Å²) in [6.07, 6.45) is 12.4. The normalized spacial score (nSPS) is 14.7. The number of hydrogen-bond donors (Lipinski definition) is 1. The highest BCUT2D eigenvalue weighted by Crippen LogP contribution is 2.31. The third-order valence-electron chi connectivity index (χ3n) is 4.35. The molecule has 1 saturated carbocycles. The van der Waals surface area contributed by atoms with Crippen LogP contribution in [0.15, 0.2) is 12.1 Å². The third-order valence-corrected chi connectivity index (χ3v) is 4.35. The average molecular weight is 333 g/mol. The number of amides is 1. The molecule has 0 saturated heterocycles. The van der Waals surface area contributed by atoms with Gasteiger partial charge in [0.15, 0.2) is 17.3 Å². The highest BCUT2D eigenvalue weighted by molar-refractivity contribution is 5.94. The lowest BCUT2D eigenvalue weighted by molar-refractivity contribution is 0.0949. The van der Waals surface area contributed by atoms with E-state index in [1.807, 2.05) is 0 Å². The van der Waals surface area contributed by atoms with Gasteiger partial charge in [-0.05, 0) is 24.5 Å². The third kappa shape index (κ3) is 4.89. The molecule has 0 aromatic heterocycles. The van der Waals surface area contributed by atoms with Gasteiger partial charge in [-0.25, -0.2) is 4.39 Å². The Labute approximate surface area is 142 Å². The summed E-state index contributed by atoms with van der Waals surface area (Å²) >= 11 is 0.